The molecular weight excluding hydrogens is 176 g/mol. The van der Waals surface area contributed by atoms with Crippen molar-refractivity contribution in [3.05, 3.63) is 34.4 Å². The number of nitrogens with zero attached hydrogens (tertiary/aromatic N) is 1. The van der Waals surface area contributed by atoms with E-state index in [-0.39, 0.29) is 0 Å². The van der Waals surface area contributed by atoms with E-state index in [1.165, 1.54) is 5.56 Å². The van der Waals surface area contributed by atoms with E-state index in [1.807, 2.05) is 26.0 Å². The monoisotopic (exact) mass is 190 g/mol. The zero-order chi connectivity index (χ0) is 10.6. The van der Waals surface area contributed by atoms with Crippen molar-refractivity contribution in [3.63, 3.8) is 0 Å². The molecule has 0 aromatic heterocycles. The summed E-state index contributed by atoms with van der Waals surface area (Å²) in [5.41, 5.74) is 6.78. The first-order valence-corrected chi connectivity index (χ1v) is 4.45. The Bertz CT molecular complexity index is 366. The van der Waals surface area contributed by atoms with Crippen LogP contribution in [0.1, 0.15) is 22.3 Å². The highest BCUT2D eigenvalue weighted by Crippen LogP contribution is 2.15. The van der Waals surface area contributed by atoms with Gasteiger partial charge >= 0.3 is 0 Å². The molecule has 3 heteroatoms. The number of rotatable bonds is 3. The minimum atomic E-state index is 0.622. The van der Waals surface area contributed by atoms with Crippen molar-refractivity contribution in [2.45, 2.75) is 20.4 Å². The third kappa shape index (κ3) is 2.32. The number of benzene rings is 1. The maximum Gasteiger partial charge on any atom is 0.0994 e. The smallest absolute Gasteiger partial charge is 0.0994 e. The molecule has 1 N–H and O–H groups in total. The summed E-state index contributed by atoms with van der Waals surface area (Å²) in [7, 11) is 1.58. The van der Waals surface area contributed by atoms with Gasteiger partial charge in [-0.15, -0.1) is 0 Å². The summed E-state index contributed by atoms with van der Waals surface area (Å²) in [6.45, 7) is 4.59. The van der Waals surface area contributed by atoms with E-state index in [2.05, 4.69) is 11.5 Å². The van der Waals surface area contributed by atoms with Gasteiger partial charge in [0.05, 0.1) is 18.7 Å². The van der Waals surface area contributed by atoms with Gasteiger partial charge in [-0.1, -0.05) is 6.07 Å². The minimum absolute atomic E-state index is 0.622. The summed E-state index contributed by atoms with van der Waals surface area (Å²) in [6.07, 6.45) is 0. The second-order valence-electron chi connectivity index (χ2n) is 3.23. The Morgan fingerprint density at radius 3 is 2.64 bits per heavy atom. The Labute approximate surface area is 84.3 Å². The third-order valence-corrected chi connectivity index (χ3v) is 2.21. The third-order valence-electron chi connectivity index (χ3n) is 2.21. The van der Waals surface area contributed by atoms with Crippen LogP contribution in [0.3, 0.4) is 0 Å². The first-order chi connectivity index (χ1) is 6.69. The second-order valence-corrected chi connectivity index (χ2v) is 3.23. The summed E-state index contributed by atoms with van der Waals surface area (Å²) in [5, 5.41) is 8.86. The molecule has 0 unspecified atom stereocenters. The fraction of sp³-hybridized carbons (Fsp3) is 0.364. The zero-order valence-corrected chi connectivity index (χ0v) is 8.72. The van der Waals surface area contributed by atoms with Gasteiger partial charge in [-0.2, -0.15) is 10.7 Å². The number of hydroxylamine groups is 1. The van der Waals surface area contributed by atoms with Crippen LogP contribution < -0.4 is 5.48 Å². The van der Waals surface area contributed by atoms with Crippen LogP contribution in [0.2, 0.25) is 0 Å². The SMILES string of the molecule is CONCc1cc(C#N)c(C)cc1C. The molecule has 0 amide bonds. The van der Waals surface area contributed by atoms with Crippen LogP contribution in [-0.2, 0) is 11.4 Å². The maximum absolute atomic E-state index is 8.86. The number of nitrogens with one attached hydrogen (secondary N) is 1. The molecule has 0 saturated carbocycles. The normalized spacial score (nSPS) is 9.86. The lowest BCUT2D eigenvalue weighted by molar-refractivity contribution is 0.0866. The molecular formula is C11H14N2O. The van der Waals surface area contributed by atoms with Gasteiger partial charge in [-0.05, 0) is 36.6 Å². The van der Waals surface area contributed by atoms with Crippen LogP contribution in [-0.4, -0.2) is 7.11 Å². The standard InChI is InChI=1S/C11H14N2O/c1-8-4-9(2)11(7-13-14-3)5-10(8)6-12/h4-5,13H,7H2,1-3H3. The first kappa shape index (κ1) is 10.7. The van der Waals surface area contributed by atoms with Crippen molar-refractivity contribution in [3.8, 4) is 6.07 Å². The molecule has 0 atom stereocenters. The summed E-state index contributed by atoms with van der Waals surface area (Å²) in [4.78, 5) is 4.77. The van der Waals surface area contributed by atoms with E-state index in [0.717, 1.165) is 16.7 Å². The number of hydrogen-bond acceptors (Lipinski definition) is 3. The van der Waals surface area contributed by atoms with E-state index < -0.39 is 0 Å². The number of aryl methyl sites for hydroxylation is 2. The fourth-order valence-electron chi connectivity index (χ4n) is 1.36. The number of nitriles is 1. The summed E-state index contributed by atoms with van der Waals surface area (Å²) >= 11 is 0. The lowest BCUT2D eigenvalue weighted by Crippen LogP contribution is -2.12. The number of hydrogen-bond donors (Lipinski definition) is 1. The predicted molar refractivity (Wildman–Crippen MR) is 54.5 cm³/mol. The largest absolute Gasteiger partial charge is 0.305 e. The molecule has 74 valence electrons. The predicted octanol–water partition coefficient (Wildman–Crippen LogP) is 1.83. The Hall–Kier alpha value is -1.37. The molecule has 0 saturated heterocycles. The average Bonchev–Trinajstić information content (AvgIpc) is 2.17. The second kappa shape index (κ2) is 4.75. The van der Waals surface area contributed by atoms with Gasteiger partial charge in [-0.25, -0.2) is 0 Å². The van der Waals surface area contributed by atoms with Crippen molar-refractivity contribution >= 4 is 0 Å². The Kier molecular flexibility index (Phi) is 3.63. The molecule has 0 aliphatic rings. The van der Waals surface area contributed by atoms with Crippen LogP contribution in [0.5, 0.6) is 0 Å². The zero-order valence-electron chi connectivity index (χ0n) is 8.72. The van der Waals surface area contributed by atoms with Gasteiger partial charge in [0, 0.05) is 6.54 Å². The highest BCUT2D eigenvalue weighted by atomic mass is 16.6. The molecule has 0 spiro atoms. The topological polar surface area (TPSA) is 45.0 Å². The lowest BCUT2D eigenvalue weighted by Gasteiger charge is -2.08. The molecule has 1 aromatic rings. The van der Waals surface area contributed by atoms with Crippen molar-refractivity contribution < 1.29 is 4.84 Å². The van der Waals surface area contributed by atoms with Crippen LogP contribution >= 0.6 is 0 Å². The van der Waals surface area contributed by atoms with E-state index in [9.17, 15) is 0 Å². The quantitative estimate of drug-likeness (QED) is 0.739. The summed E-state index contributed by atoms with van der Waals surface area (Å²) in [5.74, 6) is 0. The van der Waals surface area contributed by atoms with Gasteiger partial charge in [0.15, 0.2) is 0 Å². The maximum atomic E-state index is 8.86. The van der Waals surface area contributed by atoms with Crippen molar-refractivity contribution in [1.82, 2.24) is 5.48 Å². The van der Waals surface area contributed by atoms with Crippen LogP contribution in [0, 0.1) is 25.2 Å². The van der Waals surface area contributed by atoms with E-state index in [0.29, 0.717) is 6.54 Å². The minimum Gasteiger partial charge on any atom is -0.305 e. The molecule has 1 aromatic carbocycles. The van der Waals surface area contributed by atoms with Crippen molar-refractivity contribution in [2.24, 2.45) is 0 Å². The summed E-state index contributed by atoms with van der Waals surface area (Å²) in [6, 6.07) is 6.09. The molecule has 1 rings (SSSR count). The molecule has 0 aliphatic heterocycles. The van der Waals surface area contributed by atoms with Crippen LogP contribution in [0.25, 0.3) is 0 Å². The van der Waals surface area contributed by atoms with Crippen LogP contribution in [0.4, 0.5) is 0 Å². The summed E-state index contributed by atoms with van der Waals surface area (Å²) < 4.78 is 0. The highest BCUT2D eigenvalue weighted by molar-refractivity contribution is 5.43. The van der Waals surface area contributed by atoms with E-state index >= 15 is 0 Å². The average molecular weight is 190 g/mol. The van der Waals surface area contributed by atoms with Gasteiger partial charge < -0.3 is 4.84 Å². The van der Waals surface area contributed by atoms with Crippen molar-refractivity contribution in [1.29, 1.82) is 5.26 Å². The van der Waals surface area contributed by atoms with Gasteiger partial charge in [-0.3, -0.25) is 0 Å². The molecule has 3 nitrogen and oxygen atoms in total. The first-order valence-electron chi connectivity index (χ1n) is 4.45. The Morgan fingerprint density at radius 1 is 1.36 bits per heavy atom. The van der Waals surface area contributed by atoms with Gasteiger partial charge in [0.25, 0.3) is 0 Å². The fourth-order valence-corrected chi connectivity index (χ4v) is 1.36. The van der Waals surface area contributed by atoms with Crippen LogP contribution in [0.15, 0.2) is 12.1 Å². The molecule has 0 radical (unpaired) electrons. The molecule has 0 aliphatic carbocycles. The lowest BCUT2D eigenvalue weighted by atomic mass is 10.0. The van der Waals surface area contributed by atoms with Crippen molar-refractivity contribution in [2.75, 3.05) is 7.11 Å². The molecule has 14 heavy (non-hydrogen) atoms. The molecule has 0 bridgehead atoms. The Balaban J connectivity index is 3.00. The Morgan fingerprint density at radius 2 is 2.07 bits per heavy atom. The van der Waals surface area contributed by atoms with Gasteiger partial charge in [0.1, 0.15) is 0 Å². The molecule has 0 heterocycles. The van der Waals surface area contributed by atoms with E-state index in [1.54, 1.807) is 7.11 Å². The van der Waals surface area contributed by atoms with E-state index in [4.69, 9.17) is 10.1 Å². The van der Waals surface area contributed by atoms with Gasteiger partial charge in [0.2, 0.25) is 0 Å². The highest BCUT2D eigenvalue weighted by Gasteiger charge is 2.03. The molecule has 0 fully saturated rings.